The number of aliphatic hydroxyl groups excluding tert-OH is 1. The molecule has 144 valence electrons. The van der Waals surface area contributed by atoms with Crippen LogP contribution in [-0.2, 0) is 4.43 Å². The Morgan fingerprint density at radius 1 is 1.04 bits per heavy atom. The van der Waals surface area contributed by atoms with E-state index in [0.29, 0.717) is 29.1 Å². The van der Waals surface area contributed by atoms with Crippen LogP contribution in [0.3, 0.4) is 0 Å². The van der Waals surface area contributed by atoms with Crippen LogP contribution < -0.4 is 0 Å². The molecule has 0 saturated carbocycles. The van der Waals surface area contributed by atoms with Crippen LogP contribution in [0.5, 0.6) is 0 Å². The zero-order chi connectivity index (χ0) is 19.0. The van der Waals surface area contributed by atoms with Gasteiger partial charge >= 0.3 is 0 Å². The predicted molar refractivity (Wildman–Crippen MR) is 111 cm³/mol. The van der Waals surface area contributed by atoms with E-state index in [1.807, 2.05) is 0 Å². The van der Waals surface area contributed by atoms with Crippen molar-refractivity contribution in [3.8, 4) is 11.8 Å². The van der Waals surface area contributed by atoms with E-state index >= 15 is 0 Å². The molecule has 1 aliphatic carbocycles. The third-order valence-electron chi connectivity index (χ3n) is 5.73. The molecule has 0 aliphatic heterocycles. The molecule has 3 heteroatoms. The summed E-state index contributed by atoms with van der Waals surface area (Å²) >= 11 is 0. The molecule has 0 aromatic rings. The normalized spacial score (nSPS) is 24.0. The molecule has 2 nitrogen and oxygen atoms in total. The van der Waals surface area contributed by atoms with Crippen molar-refractivity contribution in [1.29, 1.82) is 0 Å². The van der Waals surface area contributed by atoms with Crippen LogP contribution in [0.2, 0.25) is 16.6 Å². The highest BCUT2D eigenvalue weighted by Gasteiger charge is 2.46. The molecular formula is C22H40O2Si. The molecule has 0 fully saturated rings. The van der Waals surface area contributed by atoms with E-state index in [0.717, 1.165) is 44.1 Å². The molecule has 1 aliphatic rings. The lowest BCUT2D eigenvalue weighted by Crippen LogP contribution is -2.50. The van der Waals surface area contributed by atoms with Gasteiger partial charge in [0.25, 0.3) is 0 Å². The zero-order valence-electron chi connectivity index (χ0n) is 17.4. The maximum Gasteiger partial charge on any atom is 0.200 e. The molecule has 0 aromatic carbocycles. The highest BCUT2D eigenvalue weighted by molar-refractivity contribution is 6.77. The topological polar surface area (TPSA) is 29.5 Å². The maximum atomic E-state index is 9.98. The average molecular weight is 365 g/mol. The molecule has 1 rings (SSSR count). The van der Waals surface area contributed by atoms with Crippen LogP contribution in [-0.4, -0.2) is 25.6 Å². The van der Waals surface area contributed by atoms with Gasteiger partial charge in [0.1, 0.15) is 6.10 Å². The van der Waals surface area contributed by atoms with Crippen LogP contribution >= 0.6 is 0 Å². The largest absolute Gasteiger partial charge is 0.413 e. The van der Waals surface area contributed by atoms with E-state index in [1.165, 1.54) is 0 Å². The van der Waals surface area contributed by atoms with Gasteiger partial charge in [0.15, 0.2) is 0 Å². The summed E-state index contributed by atoms with van der Waals surface area (Å²) < 4.78 is 7.04. The summed E-state index contributed by atoms with van der Waals surface area (Å²) in [5.41, 5.74) is 2.95. The summed E-state index contributed by atoms with van der Waals surface area (Å²) in [6.45, 7) is 18.3. The maximum absolute atomic E-state index is 9.98. The summed E-state index contributed by atoms with van der Waals surface area (Å²) in [6.07, 6.45) is 6.57. The Morgan fingerprint density at radius 2 is 1.64 bits per heavy atom. The first kappa shape index (κ1) is 22.5. The molecular weight excluding hydrogens is 324 g/mol. The van der Waals surface area contributed by atoms with Crippen molar-refractivity contribution >= 4 is 8.32 Å². The van der Waals surface area contributed by atoms with E-state index in [-0.39, 0.29) is 0 Å². The van der Waals surface area contributed by atoms with Gasteiger partial charge in [-0.05, 0) is 48.7 Å². The summed E-state index contributed by atoms with van der Waals surface area (Å²) in [4.78, 5) is 0. The van der Waals surface area contributed by atoms with Crippen molar-refractivity contribution in [2.45, 2.75) is 115 Å². The Bertz CT molecular complexity index is 448. The van der Waals surface area contributed by atoms with Crippen molar-refractivity contribution in [1.82, 2.24) is 0 Å². The lowest BCUT2D eigenvalue weighted by atomic mass is 9.99. The number of rotatable bonds is 5. The van der Waals surface area contributed by atoms with E-state index < -0.39 is 14.4 Å². The monoisotopic (exact) mass is 364 g/mol. The van der Waals surface area contributed by atoms with Crippen molar-refractivity contribution < 1.29 is 9.53 Å². The lowest BCUT2D eigenvalue weighted by molar-refractivity contribution is 0.150. The fourth-order valence-electron chi connectivity index (χ4n) is 4.53. The molecule has 25 heavy (non-hydrogen) atoms. The fourth-order valence-corrected chi connectivity index (χ4v) is 10.2. The number of hydrogen-bond donors (Lipinski definition) is 1. The first-order chi connectivity index (χ1) is 11.7. The van der Waals surface area contributed by atoms with Gasteiger partial charge in [-0.25, -0.2) is 0 Å². The minimum atomic E-state index is -1.85. The molecule has 0 radical (unpaired) electrons. The number of hydrogen-bond acceptors (Lipinski definition) is 2. The van der Waals surface area contributed by atoms with Crippen molar-refractivity contribution in [3.05, 3.63) is 12.2 Å². The lowest BCUT2D eigenvalue weighted by Gasteiger charge is -2.45. The second kappa shape index (κ2) is 10.6. The van der Waals surface area contributed by atoms with Crippen molar-refractivity contribution in [2.24, 2.45) is 0 Å². The van der Waals surface area contributed by atoms with Crippen molar-refractivity contribution in [3.63, 3.8) is 0 Å². The number of aliphatic hydroxyl groups is 1. The Kier molecular flexibility index (Phi) is 9.49. The van der Waals surface area contributed by atoms with Gasteiger partial charge in [-0.2, -0.15) is 0 Å². The second-order valence-corrected chi connectivity index (χ2v) is 14.0. The first-order valence-electron chi connectivity index (χ1n) is 10.2. The quantitative estimate of drug-likeness (QED) is 0.357. The Balaban J connectivity index is 2.92. The molecule has 0 saturated heterocycles. The van der Waals surface area contributed by atoms with Gasteiger partial charge in [0.2, 0.25) is 8.32 Å². The van der Waals surface area contributed by atoms with Gasteiger partial charge in [-0.3, -0.25) is 0 Å². The molecule has 0 amide bonds. The Hall–Kier alpha value is -0.563. The van der Waals surface area contributed by atoms with Gasteiger partial charge in [-0.15, -0.1) is 5.92 Å². The molecule has 2 atom stereocenters. The summed E-state index contributed by atoms with van der Waals surface area (Å²) in [6, 6.07) is 0. The Labute approximate surface area is 157 Å². The molecule has 0 bridgehead atoms. The molecule has 1 unspecified atom stereocenters. The van der Waals surface area contributed by atoms with Crippen LogP contribution in [0.4, 0.5) is 0 Å². The Morgan fingerprint density at radius 3 is 2.20 bits per heavy atom. The SMILES string of the molecule is C=C1CCC(O[Si](C(C)C)(C(C)C)C(C)C)CCCCC#C[C@H](O)C1. The van der Waals surface area contributed by atoms with Crippen LogP contribution in [0.15, 0.2) is 12.2 Å². The summed E-state index contributed by atoms with van der Waals surface area (Å²) in [7, 11) is -1.85. The van der Waals surface area contributed by atoms with Crippen LogP contribution in [0.1, 0.15) is 86.5 Å². The van der Waals surface area contributed by atoms with E-state index in [9.17, 15) is 5.11 Å². The van der Waals surface area contributed by atoms with E-state index in [4.69, 9.17) is 4.43 Å². The third kappa shape index (κ3) is 6.59. The minimum absolute atomic E-state index is 0.320. The van der Waals surface area contributed by atoms with Crippen molar-refractivity contribution in [2.75, 3.05) is 0 Å². The van der Waals surface area contributed by atoms with Crippen LogP contribution in [0.25, 0.3) is 0 Å². The standard InChI is InChI=1S/C22H40O2Si/c1-17(2)25(18(3)4,19(5)6)24-22-13-11-9-8-10-12-21(23)16-20(7)14-15-22/h17-19,21-23H,7-9,11,13-16H2,1-6H3/t21-,22?/m0/s1. The highest BCUT2D eigenvalue weighted by atomic mass is 28.4. The van der Waals surface area contributed by atoms with Crippen LogP contribution in [0, 0.1) is 11.8 Å². The van der Waals surface area contributed by atoms with Gasteiger partial charge in [-0.1, -0.05) is 59.6 Å². The molecule has 0 aromatic heterocycles. The summed E-state index contributed by atoms with van der Waals surface area (Å²) in [5, 5.41) is 9.98. The predicted octanol–water partition coefficient (Wildman–Crippen LogP) is 6.21. The third-order valence-corrected chi connectivity index (χ3v) is 11.9. The van der Waals surface area contributed by atoms with Gasteiger partial charge in [0.05, 0.1) is 0 Å². The van der Waals surface area contributed by atoms with E-state index in [1.54, 1.807) is 0 Å². The minimum Gasteiger partial charge on any atom is -0.413 e. The highest BCUT2D eigenvalue weighted by Crippen LogP contribution is 2.44. The smallest absolute Gasteiger partial charge is 0.200 e. The second-order valence-electron chi connectivity index (χ2n) is 8.63. The first-order valence-corrected chi connectivity index (χ1v) is 12.3. The molecule has 0 heterocycles. The molecule has 0 spiro atoms. The zero-order valence-corrected chi connectivity index (χ0v) is 18.4. The average Bonchev–Trinajstić information content (AvgIpc) is 2.50. The summed E-state index contributed by atoms with van der Waals surface area (Å²) in [5.74, 6) is 6.06. The van der Waals surface area contributed by atoms with Gasteiger partial charge in [0, 0.05) is 18.9 Å². The fraction of sp³-hybridized carbons (Fsp3) is 0.818. The van der Waals surface area contributed by atoms with E-state index in [2.05, 4.69) is 60.0 Å². The van der Waals surface area contributed by atoms with Gasteiger partial charge < -0.3 is 9.53 Å². The molecule has 1 N–H and O–H groups in total.